The van der Waals surface area contributed by atoms with Crippen molar-refractivity contribution in [3.05, 3.63) is 164 Å². The van der Waals surface area contributed by atoms with Crippen LogP contribution in [-0.2, 0) is 0 Å². The highest BCUT2D eigenvalue weighted by Gasteiger charge is 2.28. The van der Waals surface area contributed by atoms with Crippen LogP contribution in [0.15, 0.2) is 168 Å². The van der Waals surface area contributed by atoms with E-state index in [9.17, 15) is 0 Å². The fraction of sp³-hybridized carbons (Fsp3) is 0. The summed E-state index contributed by atoms with van der Waals surface area (Å²) < 4.78 is 9.10. The lowest BCUT2D eigenvalue weighted by Gasteiger charge is -2.34. The second-order valence-electron chi connectivity index (χ2n) is 13.7. The Hall–Kier alpha value is -6.82. The third kappa shape index (κ3) is 4.11. The number of aromatic nitrogens is 2. The first-order valence-corrected chi connectivity index (χ1v) is 18.6. The third-order valence-corrected chi connectivity index (χ3v) is 11.9. The maximum Gasteiger partial charge on any atom is 0.180 e. The van der Waals surface area contributed by atoms with Gasteiger partial charge in [-0.25, -0.2) is 9.97 Å². The van der Waals surface area contributed by atoms with Crippen LogP contribution >= 0.6 is 11.3 Å². The van der Waals surface area contributed by atoms with Crippen molar-refractivity contribution in [2.45, 2.75) is 0 Å². The van der Waals surface area contributed by atoms with E-state index in [1.807, 2.05) is 29.5 Å². The van der Waals surface area contributed by atoms with Gasteiger partial charge in [-0.3, -0.25) is 0 Å². The lowest BCUT2D eigenvalue weighted by atomic mass is 9.90. The molecule has 0 saturated carbocycles. The Morgan fingerprint density at radius 3 is 2.09 bits per heavy atom. The van der Waals surface area contributed by atoms with Crippen LogP contribution < -0.4 is 4.90 Å². The van der Waals surface area contributed by atoms with Crippen molar-refractivity contribution in [3.63, 3.8) is 0 Å². The predicted octanol–water partition coefficient (Wildman–Crippen LogP) is 13.8. The van der Waals surface area contributed by atoms with Gasteiger partial charge in [-0.1, -0.05) is 115 Å². The molecule has 1 aliphatic heterocycles. The number of fused-ring (bicyclic) bond motifs is 9. The second kappa shape index (κ2) is 10.8. The summed E-state index contributed by atoms with van der Waals surface area (Å²) in [7, 11) is 0. The highest BCUT2D eigenvalue weighted by Crippen LogP contribution is 2.52. The van der Waals surface area contributed by atoms with E-state index in [4.69, 9.17) is 14.4 Å². The topological polar surface area (TPSA) is 42.2 Å². The zero-order chi connectivity index (χ0) is 34.6. The summed E-state index contributed by atoms with van der Waals surface area (Å²) >= 11 is 1.81. The molecule has 1 aliphatic rings. The summed E-state index contributed by atoms with van der Waals surface area (Å²) in [6.07, 6.45) is 0. The number of hydrogen-bond acceptors (Lipinski definition) is 5. The van der Waals surface area contributed by atoms with Crippen molar-refractivity contribution in [1.82, 2.24) is 9.97 Å². The zero-order valence-electron chi connectivity index (χ0n) is 28.2. The number of hydrogen-bond donors (Lipinski definition) is 0. The number of thiophene rings is 1. The first kappa shape index (κ1) is 28.8. The summed E-state index contributed by atoms with van der Waals surface area (Å²) in [6, 6.07) is 58.4. The lowest BCUT2D eigenvalue weighted by Crippen LogP contribution is -2.15. The van der Waals surface area contributed by atoms with Crippen LogP contribution in [0.2, 0.25) is 0 Å². The van der Waals surface area contributed by atoms with E-state index in [0.717, 1.165) is 61.1 Å². The fourth-order valence-electron chi connectivity index (χ4n) is 8.50. The van der Waals surface area contributed by atoms with E-state index in [-0.39, 0.29) is 0 Å². The summed E-state index contributed by atoms with van der Waals surface area (Å²) in [5.41, 5.74) is 11.0. The minimum atomic E-state index is 0.659. The van der Waals surface area contributed by atoms with Gasteiger partial charge in [0.2, 0.25) is 0 Å². The average molecular weight is 694 g/mol. The van der Waals surface area contributed by atoms with E-state index in [2.05, 4.69) is 150 Å². The molecular weight excluding hydrogens is 667 g/mol. The molecule has 0 amide bonds. The predicted molar refractivity (Wildman–Crippen MR) is 222 cm³/mol. The first-order valence-electron chi connectivity index (χ1n) is 17.8. The van der Waals surface area contributed by atoms with Crippen molar-refractivity contribution in [2.75, 3.05) is 4.90 Å². The van der Waals surface area contributed by atoms with Gasteiger partial charge < -0.3 is 9.32 Å². The zero-order valence-corrected chi connectivity index (χ0v) is 29.1. The molecule has 8 aromatic carbocycles. The van der Waals surface area contributed by atoms with Crippen LogP contribution in [0.1, 0.15) is 0 Å². The maximum atomic E-state index is 6.63. The van der Waals surface area contributed by atoms with Crippen molar-refractivity contribution >= 4 is 92.2 Å². The molecule has 53 heavy (non-hydrogen) atoms. The number of benzene rings is 8. The van der Waals surface area contributed by atoms with Crippen molar-refractivity contribution in [3.8, 4) is 33.8 Å². The molecule has 0 unspecified atom stereocenters. The highest BCUT2D eigenvalue weighted by atomic mass is 32.1. The number of anilines is 3. The van der Waals surface area contributed by atoms with E-state index in [1.165, 1.54) is 42.1 Å². The Kier molecular flexibility index (Phi) is 5.90. The van der Waals surface area contributed by atoms with Crippen LogP contribution in [0.5, 0.6) is 0 Å². The number of rotatable bonds is 3. The molecule has 3 aromatic heterocycles. The molecule has 5 heteroatoms. The second-order valence-corrected chi connectivity index (χ2v) is 14.8. The molecule has 0 aliphatic carbocycles. The highest BCUT2D eigenvalue weighted by molar-refractivity contribution is 7.25. The molecule has 0 N–H and O–H groups in total. The molecule has 0 radical (unpaired) electrons. The largest absolute Gasteiger partial charge is 0.452 e. The van der Waals surface area contributed by atoms with Gasteiger partial charge in [0.15, 0.2) is 11.4 Å². The van der Waals surface area contributed by atoms with Crippen molar-refractivity contribution in [1.29, 1.82) is 0 Å². The van der Waals surface area contributed by atoms with Gasteiger partial charge >= 0.3 is 0 Å². The summed E-state index contributed by atoms with van der Waals surface area (Å²) in [4.78, 5) is 13.2. The molecule has 4 heterocycles. The quantitative estimate of drug-likeness (QED) is 0.185. The summed E-state index contributed by atoms with van der Waals surface area (Å²) in [6.45, 7) is 0. The molecule has 0 bridgehead atoms. The van der Waals surface area contributed by atoms with E-state index >= 15 is 0 Å². The average Bonchev–Trinajstić information content (AvgIpc) is 3.79. The van der Waals surface area contributed by atoms with Crippen LogP contribution in [-0.4, -0.2) is 9.97 Å². The fourth-order valence-corrected chi connectivity index (χ4v) is 9.63. The van der Waals surface area contributed by atoms with Crippen molar-refractivity contribution in [2.24, 2.45) is 0 Å². The molecule has 0 fully saturated rings. The minimum absolute atomic E-state index is 0.659. The van der Waals surface area contributed by atoms with Gasteiger partial charge in [-0.15, -0.1) is 11.3 Å². The van der Waals surface area contributed by atoms with E-state index < -0.39 is 0 Å². The van der Waals surface area contributed by atoms with E-state index in [1.54, 1.807) is 0 Å². The normalized spacial score (nSPS) is 12.5. The minimum Gasteiger partial charge on any atom is -0.452 e. The van der Waals surface area contributed by atoms with E-state index in [0.29, 0.717) is 11.4 Å². The Bertz CT molecular complexity index is 3320. The lowest BCUT2D eigenvalue weighted by molar-refractivity contribution is 0.667. The molecule has 0 atom stereocenters. The van der Waals surface area contributed by atoms with Crippen LogP contribution in [0.3, 0.4) is 0 Å². The summed E-state index contributed by atoms with van der Waals surface area (Å²) in [5.74, 6) is 0.659. The molecule has 246 valence electrons. The molecule has 0 spiro atoms. The SMILES string of the molecule is c1ccc2c(c1)-c1cccc3cccc(c13)N2c1cc(-c2nc(-c3cccc4sc5ccccc5c34)c3oc4ccccc4c3n2)cc2ccccc12. The van der Waals surface area contributed by atoms with Gasteiger partial charge in [0, 0.05) is 53.0 Å². The molecule has 0 saturated heterocycles. The number of furan rings is 1. The Balaban J connectivity index is 1.17. The Labute approximate surface area is 307 Å². The standard InChI is InChI=1S/C48H27N3OS/c1-2-15-31-29(12-1)26-30(27-39(31)51-37-21-6-3-16-32(37)33-19-9-13-28-14-10-22-38(51)43(28)33)48-49-45-34-17-4-7-23-40(34)52-47(45)46(50-48)36-20-11-25-42-44(36)35-18-5-8-24-41(35)53-42/h1-27H. The molecule has 11 aromatic rings. The van der Waals surface area contributed by atoms with Gasteiger partial charge in [0.1, 0.15) is 16.8 Å². The first-order chi connectivity index (χ1) is 26.3. The molecule has 4 nitrogen and oxygen atoms in total. The number of nitrogens with zero attached hydrogens (tertiary/aromatic N) is 3. The van der Waals surface area contributed by atoms with Gasteiger partial charge in [0.05, 0.1) is 17.1 Å². The number of para-hydroxylation sites is 2. The van der Waals surface area contributed by atoms with Crippen LogP contribution in [0.4, 0.5) is 17.1 Å². The van der Waals surface area contributed by atoms with Gasteiger partial charge in [0.25, 0.3) is 0 Å². The van der Waals surface area contributed by atoms with Gasteiger partial charge in [-0.2, -0.15) is 0 Å². The maximum absolute atomic E-state index is 6.63. The van der Waals surface area contributed by atoms with Crippen LogP contribution in [0, 0.1) is 0 Å². The summed E-state index contributed by atoms with van der Waals surface area (Å²) in [5, 5.41) is 8.14. The molecule has 12 rings (SSSR count). The smallest absolute Gasteiger partial charge is 0.180 e. The Morgan fingerprint density at radius 1 is 0.472 bits per heavy atom. The third-order valence-electron chi connectivity index (χ3n) is 10.8. The monoisotopic (exact) mass is 693 g/mol. The van der Waals surface area contributed by atoms with Crippen molar-refractivity contribution < 1.29 is 4.42 Å². The Morgan fingerprint density at radius 2 is 1.15 bits per heavy atom. The van der Waals surface area contributed by atoms with Gasteiger partial charge in [-0.05, 0) is 64.9 Å². The van der Waals surface area contributed by atoms with Crippen LogP contribution in [0.25, 0.3) is 97.6 Å². The molecular formula is C48H27N3OS.